The quantitative estimate of drug-likeness (QED) is 0.683. The first-order chi connectivity index (χ1) is 13.6. The first-order valence-corrected chi connectivity index (χ1v) is 9.83. The van der Waals surface area contributed by atoms with Crippen LogP contribution < -0.4 is 10.1 Å². The normalized spacial score (nSPS) is 11.5. The fourth-order valence-corrected chi connectivity index (χ4v) is 3.09. The summed E-state index contributed by atoms with van der Waals surface area (Å²) in [5.41, 5.74) is 1.90. The zero-order chi connectivity index (χ0) is 20.4. The van der Waals surface area contributed by atoms with Gasteiger partial charge in [0, 0.05) is 13.1 Å². The number of nitrogens with one attached hydrogen (secondary N) is 1. The number of benzene rings is 2. The fourth-order valence-electron chi connectivity index (χ4n) is 3.09. The molecule has 0 saturated heterocycles. The average Bonchev–Trinajstić information content (AvgIpc) is 2.73. The lowest BCUT2D eigenvalue weighted by atomic mass is 10.1. The van der Waals surface area contributed by atoms with Crippen LogP contribution in [0.15, 0.2) is 54.6 Å². The van der Waals surface area contributed by atoms with E-state index in [4.69, 9.17) is 4.74 Å². The molecular formula is C23H30N2O3. The number of methoxy groups -OCH3 is 1. The van der Waals surface area contributed by atoms with Crippen LogP contribution in [0, 0.1) is 0 Å². The third-order valence-electron chi connectivity index (χ3n) is 4.65. The van der Waals surface area contributed by atoms with Gasteiger partial charge in [0.2, 0.25) is 11.8 Å². The summed E-state index contributed by atoms with van der Waals surface area (Å²) in [6, 6.07) is 16.7. The number of ether oxygens (including phenoxy) is 1. The highest BCUT2D eigenvalue weighted by molar-refractivity contribution is 5.88. The van der Waals surface area contributed by atoms with Crippen LogP contribution in [-0.2, 0) is 22.6 Å². The van der Waals surface area contributed by atoms with Gasteiger partial charge in [-0.3, -0.25) is 9.59 Å². The number of carbonyl (C=O) groups is 2. The number of hydrogen-bond donors (Lipinski definition) is 1. The monoisotopic (exact) mass is 382 g/mol. The second-order valence-electron chi connectivity index (χ2n) is 6.75. The van der Waals surface area contributed by atoms with Crippen LogP contribution in [0.2, 0.25) is 0 Å². The molecule has 5 heteroatoms. The maximum atomic E-state index is 13.1. The molecule has 28 heavy (non-hydrogen) atoms. The predicted octanol–water partition coefficient (Wildman–Crippen LogP) is 3.57. The molecule has 2 aromatic rings. The van der Waals surface area contributed by atoms with Gasteiger partial charge in [0.1, 0.15) is 11.8 Å². The Kier molecular flexibility index (Phi) is 8.53. The second kappa shape index (κ2) is 11.1. The minimum absolute atomic E-state index is 0.0551. The number of carbonyl (C=O) groups excluding carboxylic acids is 2. The van der Waals surface area contributed by atoms with Gasteiger partial charge < -0.3 is 15.0 Å². The van der Waals surface area contributed by atoms with Gasteiger partial charge >= 0.3 is 0 Å². The van der Waals surface area contributed by atoms with Gasteiger partial charge in [-0.15, -0.1) is 0 Å². The first kappa shape index (κ1) is 21.5. The Morgan fingerprint density at radius 1 is 1.00 bits per heavy atom. The van der Waals surface area contributed by atoms with Gasteiger partial charge in [-0.25, -0.2) is 0 Å². The van der Waals surface area contributed by atoms with Crippen molar-refractivity contribution in [2.24, 2.45) is 0 Å². The van der Waals surface area contributed by atoms with Gasteiger partial charge in [0.05, 0.1) is 13.5 Å². The van der Waals surface area contributed by atoms with Crippen molar-refractivity contribution >= 4 is 11.8 Å². The molecule has 0 spiro atoms. The van der Waals surface area contributed by atoms with Gasteiger partial charge in [-0.2, -0.15) is 0 Å². The summed E-state index contributed by atoms with van der Waals surface area (Å²) < 4.78 is 5.21. The molecule has 0 bridgehead atoms. The van der Waals surface area contributed by atoms with Gasteiger partial charge in [0.25, 0.3) is 0 Å². The predicted molar refractivity (Wildman–Crippen MR) is 111 cm³/mol. The van der Waals surface area contributed by atoms with E-state index in [0.717, 1.165) is 23.3 Å². The van der Waals surface area contributed by atoms with E-state index >= 15 is 0 Å². The zero-order valence-electron chi connectivity index (χ0n) is 17.0. The van der Waals surface area contributed by atoms with Crippen molar-refractivity contribution in [1.82, 2.24) is 10.2 Å². The van der Waals surface area contributed by atoms with Gasteiger partial charge in [-0.05, 0) is 36.1 Å². The lowest BCUT2D eigenvalue weighted by Gasteiger charge is -2.31. The molecule has 0 unspecified atom stereocenters. The average molecular weight is 383 g/mol. The number of rotatable bonds is 10. The minimum Gasteiger partial charge on any atom is -0.497 e. The Hall–Kier alpha value is -2.82. The van der Waals surface area contributed by atoms with Crippen LogP contribution >= 0.6 is 0 Å². The van der Waals surface area contributed by atoms with Gasteiger partial charge in [0.15, 0.2) is 0 Å². The molecule has 1 N–H and O–H groups in total. The molecule has 0 saturated carbocycles. The Morgan fingerprint density at radius 2 is 1.68 bits per heavy atom. The molecule has 0 aliphatic heterocycles. The molecule has 2 amide bonds. The second-order valence-corrected chi connectivity index (χ2v) is 6.75. The summed E-state index contributed by atoms with van der Waals surface area (Å²) in [7, 11) is 1.62. The smallest absolute Gasteiger partial charge is 0.242 e. The molecule has 1 atom stereocenters. The summed E-state index contributed by atoms with van der Waals surface area (Å²) in [4.78, 5) is 27.5. The van der Waals surface area contributed by atoms with Crippen molar-refractivity contribution in [1.29, 1.82) is 0 Å². The van der Waals surface area contributed by atoms with Crippen molar-refractivity contribution in [2.45, 2.75) is 45.7 Å². The molecule has 0 fully saturated rings. The Morgan fingerprint density at radius 3 is 2.25 bits per heavy atom. The van der Waals surface area contributed by atoms with Crippen LogP contribution in [0.25, 0.3) is 0 Å². The van der Waals surface area contributed by atoms with Crippen molar-refractivity contribution in [2.75, 3.05) is 13.7 Å². The highest BCUT2D eigenvalue weighted by Gasteiger charge is 2.28. The Balaban J connectivity index is 2.23. The van der Waals surface area contributed by atoms with Crippen LogP contribution in [0.4, 0.5) is 0 Å². The highest BCUT2D eigenvalue weighted by atomic mass is 16.5. The SMILES string of the molecule is CCCNC(=O)[C@@H](CC)N(Cc1ccc(OC)cc1)C(=O)Cc1ccccc1. The summed E-state index contributed by atoms with van der Waals surface area (Å²) >= 11 is 0. The maximum Gasteiger partial charge on any atom is 0.242 e. The van der Waals surface area contributed by atoms with Crippen LogP contribution in [0.3, 0.4) is 0 Å². The first-order valence-electron chi connectivity index (χ1n) is 9.83. The lowest BCUT2D eigenvalue weighted by Crippen LogP contribution is -2.49. The summed E-state index contributed by atoms with van der Waals surface area (Å²) in [6.45, 7) is 4.94. The van der Waals surface area contributed by atoms with Crippen LogP contribution in [0.5, 0.6) is 5.75 Å². The van der Waals surface area contributed by atoms with Gasteiger partial charge in [-0.1, -0.05) is 56.3 Å². The molecular weight excluding hydrogens is 352 g/mol. The zero-order valence-corrected chi connectivity index (χ0v) is 17.0. The third kappa shape index (κ3) is 6.12. The molecule has 0 heterocycles. The number of nitrogens with zero attached hydrogens (tertiary/aromatic N) is 1. The maximum absolute atomic E-state index is 13.1. The topological polar surface area (TPSA) is 58.6 Å². The van der Waals surface area contributed by atoms with E-state index in [1.54, 1.807) is 12.0 Å². The molecule has 150 valence electrons. The molecule has 0 aromatic heterocycles. The minimum atomic E-state index is -0.495. The summed E-state index contributed by atoms with van der Waals surface area (Å²) in [6.07, 6.45) is 1.69. The van der Waals surface area contributed by atoms with E-state index in [-0.39, 0.29) is 18.2 Å². The Bertz CT molecular complexity index is 744. The fraction of sp³-hybridized carbons (Fsp3) is 0.391. The van der Waals surface area contributed by atoms with Crippen molar-refractivity contribution in [3.8, 4) is 5.75 Å². The van der Waals surface area contributed by atoms with E-state index in [1.807, 2.05) is 68.4 Å². The largest absolute Gasteiger partial charge is 0.497 e. The summed E-state index contributed by atoms with van der Waals surface area (Å²) in [5, 5.41) is 2.93. The molecule has 0 aliphatic carbocycles. The molecule has 0 aliphatic rings. The molecule has 5 nitrogen and oxygen atoms in total. The van der Waals surface area contributed by atoms with E-state index in [0.29, 0.717) is 19.5 Å². The third-order valence-corrected chi connectivity index (χ3v) is 4.65. The number of hydrogen-bond acceptors (Lipinski definition) is 3. The standard InChI is InChI=1S/C23H30N2O3/c1-4-15-24-23(27)21(5-2)25(17-19-11-13-20(28-3)14-12-19)22(26)16-18-9-7-6-8-10-18/h6-14,21H,4-5,15-17H2,1-3H3,(H,24,27)/t21-/m1/s1. The van der Waals surface area contributed by atoms with E-state index in [2.05, 4.69) is 5.32 Å². The van der Waals surface area contributed by atoms with E-state index < -0.39 is 6.04 Å². The molecule has 0 radical (unpaired) electrons. The highest BCUT2D eigenvalue weighted by Crippen LogP contribution is 2.17. The lowest BCUT2D eigenvalue weighted by molar-refractivity contribution is -0.140. The van der Waals surface area contributed by atoms with Crippen LogP contribution in [0.1, 0.15) is 37.8 Å². The van der Waals surface area contributed by atoms with Crippen molar-refractivity contribution < 1.29 is 14.3 Å². The summed E-state index contributed by atoms with van der Waals surface area (Å²) in [5.74, 6) is 0.610. The molecule has 2 rings (SSSR count). The van der Waals surface area contributed by atoms with Crippen LogP contribution in [-0.4, -0.2) is 36.4 Å². The Labute approximate surface area is 167 Å². The van der Waals surface area contributed by atoms with E-state index in [1.165, 1.54) is 0 Å². The number of amides is 2. The van der Waals surface area contributed by atoms with Crippen molar-refractivity contribution in [3.63, 3.8) is 0 Å². The van der Waals surface area contributed by atoms with Crippen molar-refractivity contribution in [3.05, 3.63) is 65.7 Å². The molecule has 2 aromatic carbocycles. The van der Waals surface area contributed by atoms with E-state index in [9.17, 15) is 9.59 Å².